The second-order valence-corrected chi connectivity index (χ2v) is 5.51. The topological polar surface area (TPSA) is 85.5 Å². The summed E-state index contributed by atoms with van der Waals surface area (Å²) < 4.78 is 10.5. The predicted molar refractivity (Wildman–Crippen MR) is 71.3 cm³/mol. The van der Waals surface area contributed by atoms with E-state index >= 15 is 0 Å². The SMILES string of the molecule is CCC(CC)(Cc1nc(CC2CCOC2)no1)C(=O)O. The van der Waals surface area contributed by atoms with Gasteiger partial charge in [-0.15, -0.1) is 0 Å². The molecule has 0 bridgehead atoms. The number of rotatable bonds is 7. The van der Waals surface area contributed by atoms with Gasteiger partial charge in [0.25, 0.3) is 0 Å². The van der Waals surface area contributed by atoms with Gasteiger partial charge in [0.05, 0.1) is 5.41 Å². The first-order valence-corrected chi connectivity index (χ1v) is 7.22. The average molecular weight is 282 g/mol. The normalized spacial score (nSPS) is 19.4. The Balaban J connectivity index is 2.02. The third-order valence-electron chi connectivity index (χ3n) is 4.30. The van der Waals surface area contributed by atoms with Gasteiger partial charge in [-0.25, -0.2) is 0 Å². The van der Waals surface area contributed by atoms with Crippen LogP contribution in [0.5, 0.6) is 0 Å². The molecule has 1 unspecified atom stereocenters. The number of hydrogen-bond acceptors (Lipinski definition) is 5. The molecule has 1 aromatic rings. The van der Waals surface area contributed by atoms with Gasteiger partial charge in [-0.3, -0.25) is 4.79 Å². The van der Waals surface area contributed by atoms with E-state index in [1.54, 1.807) is 0 Å². The quantitative estimate of drug-likeness (QED) is 0.824. The van der Waals surface area contributed by atoms with E-state index in [1.165, 1.54) is 0 Å². The van der Waals surface area contributed by atoms with E-state index in [4.69, 9.17) is 9.26 Å². The number of nitrogens with zero attached hydrogens (tertiary/aromatic N) is 2. The van der Waals surface area contributed by atoms with Gasteiger partial charge in [-0.05, 0) is 25.2 Å². The van der Waals surface area contributed by atoms with Gasteiger partial charge in [0.2, 0.25) is 5.89 Å². The van der Waals surface area contributed by atoms with Crippen molar-refractivity contribution in [2.24, 2.45) is 11.3 Å². The van der Waals surface area contributed by atoms with Crippen molar-refractivity contribution in [3.05, 3.63) is 11.7 Å². The van der Waals surface area contributed by atoms with Crippen LogP contribution in [0.2, 0.25) is 0 Å². The lowest BCUT2D eigenvalue weighted by atomic mass is 9.79. The number of carboxylic acids is 1. The molecule has 6 heteroatoms. The van der Waals surface area contributed by atoms with Crippen LogP contribution in [0.3, 0.4) is 0 Å². The molecule has 1 N–H and O–H groups in total. The predicted octanol–water partition coefficient (Wildman–Crippen LogP) is 2.08. The van der Waals surface area contributed by atoms with Crippen LogP contribution in [0.25, 0.3) is 0 Å². The molecule has 112 valence electrons. The van der Waals surface area contributed by atoms with Crippen molar-refractivity contribution in [3.63, 3.8) is 0 Å². The summed E-state index contributed by atoms with van der Waals surface area (Å²) in [5, 5.41) is 13.4. The Morgan fingerprint density at radius 3 is 2.75 bits per heavy atom. The number of carboxylic acid groups (broad SMARTS) is 1. The highest BCUT2D eigenvalue weighted by molar-refractivity contribution is 5.74. The van der Waals surface area contributed by atoms with Crippen LogP contribution >= 0.6 is 0 Å². The molecule has 2 rings (SSSR count). The molecule has 1 saturated heterocycles. The minimum Gasteiger partial charge on any atom is -0.481 e. The molecule has 6 nitrogen and oxygen atoms in total. The van der Waals surface area contributed by atoms with Gasteiger partial charge in [-0.2, -0.15) is 4.98 Å². The summed E-state index contributed by atoms with van der Waals surface area (Å²) in [4.78, 5) is 15.8. The van der Waals surface area contributed by atoms with Crippen molar-refractivity contribution in [1.82, 2.24) is 10.1 Å². The smallest absolute Gasteiger partial charge is 0.310 e. The molecule has 1 aliphatic heterocycles. The zero-order chi connectivity index (χ0) is 14.6. The van der Waals surface area contributed by atoms with Crippen LogP contribution in [0.15, 0.2) is 4.52 Å². The van der Waals surface area contributed by atoms with E-state index < -0.39 is 11.4 Å². The van der Waals surface area contributed by atoms with Gasteiger partial charge < -0.3 is 14.4 Å². The first kappa shape index (κ1) is 15.0. The average Bonchev–Trinajstić information content (AvgIpc) is 3.08. The molecule has 2 heterocycles. The molecule has 0 amide bonds. The number of hydrogen-bond donors (Lipinski definition) is 1. The largest absolute Gasteiger partial charge is 0.481 e. The van der Waals surface area contributed by atoms with E-state index in [2.05, 4.69) is 10.1 Å². The maximum Gasteiger partial charge on any atom is 0.310 e. The lowest BCUT2D eigenvalue weighted by Crippen LogP contribution is -2.32. The summed E-state index contributed by atoms with van der Waals surface area (Å²) in [5.74, 6) is 0.723. The fourth-order valence-corrected chi connectivity index (χ4v) is 2.61. The highest BCUT2D eigenvalue weighted by Crippen LogP contribution is 2.31. The highest BCUT2D eigenvalue weighted by atomic mass is 16.5. The van der Waals surface area contributed by atoms with Crippen molar-refractivity contribution in [3.8, 4) is 0 Å². The lowest BCUT2D eigenvalue weighted by molar-refractivity contribution is -0.149. The van der Waals surface area contributed by atoms with Crippen molar-refractivity contribution < 1.29 is 19.2 Å². The molecule has 0 aliphatic carbocycles. The first-order valence-electron chi connectivity index (χ1n) is 7.22. The Kier molecular flexibility index (Phi) is 4.75. The molecule has 0 spiro atoms. The second kappa shape index (κ2) is 6.35. The van der Waals surface area contributed by atoms with Gasteiger partial charge >= 0.3 is 5.97 Å². The maximum absolute atomic E-state index is 11.5. The summed E-state index contributed by atoms with van der Waals surface area (Å²) in [6.45, 7) is 5.30. The van der Waals surface area contributed by atoms with Crippen LogP contribution in [0.4, 0.5) is 0 Å². The minimum atomic E-state index is -0.805. The molecule has 20 heavy (non-hydrogen) atoms. The molecular weight excluding hydrogens is 260 g/mol. The zero-order valence-corrected chi connectivity index (χ0v) is 12.1. The van der Waals surface area contributed by atoms with Gasteiger partial charge in [0.15, 0.2) is 5.82 Å². The van der Waals surface area contributed by atoms with Crippen molar-refractivity contribution in [2.75, 3.05) is 13.2 Å². The summed E-state index contributed by atoms with van der Waals surface area (Å²) in [6, 6.07) is 0. The standard InChI is InChI=1S/C14H22N2O4/c1-3-14(4-2,13(17)18)8-12-15-11(16-20-12)7-10-5-6-19-9-10/h10H,3-9H2,1-2H3,(H,17,18). The van der Waals surface area contributed by atoms with Crippen LogP contribution in [-0.2, 0) is 22.4 Å². The highest BCUT2D eigenvalue weighted by Gasteiger charge is 2.37. The monoisotopic (exact) mass is 282 g/mol. The number of ether oxygens (including phenoxy) is 1. The molecule has 1 fully saturated rings. The fraction of sp³-hybridized carbons (Fsp3) is 0.786. The zero-order valence-electron chi connectivity index (χ0n) is 12.1. The van der Waals surface area contributed by atoms with E-state index in [9.17, 15) is 9.90 Å². The fourth-order valence-electron chi connectivity index (χ4n) is 2.61. The van der Waals surface area contributed by atoms with E-state index in [0.29, 0.717) is 36.9 Å². The Morgan fingerprint density at radius 2 is 2.20 bits per heavy atom. The van der Waals surface area contributed by atoms with Crippen LogP contribution in [-0.4, -0.2) is 34.4 Å². The Labute approximate surface area is 118 Å². The Morgan fingerprint density at radius 1 is 1.45 bits per heavy atom. The summed E-state index contributed by atoms with van der Waals surface area (Å²) in [5.41, 5.74) is -0.805. The summed E-state index contributed by atoms with van der Waals surface area (Å²) in [6.07, 6.45) is 3.15. The minimum absolute atomic E-state index is 0.295. The van der Waals surface area contributed by atoms with E-state index in [0.717, 1.165) is 26.1 Å². The van der Waals surface area contributed by atoms with Crippen LogP contribution in [0.1, 0.15) is 44.8 Å². The number of aromatic nitrogens is 2. The van der Waals surface area contributed by atoms with E-state index in [-0.39, 0.29) is 0 Å². The lowest BCUT2D eigenvalue weighted by Gasteiger charge is -2.24. The van der Waals surface area contributed by atoms with Gasteiger partial charge in [0, 0.05) is 26.1 Å². The molecule has 1 aliphatic rings. The molecule has 1 atom stereocenters. The molecular formula is C14H22N2O4. The summed E-state index contributed by atoms with van der Waals surface area (Å²) >= 11 is 0. The molecule has 0 aromatic carbocycles. The number of carbonyl (C=O) groups is 1. The van der Waals surface area contributed by atoms with Gasteiger partial charge in [-0.1, -0.05) is 19.0 Å². The molecule has 0 radical (unpaired) electrons. The molecule has 1 aromatic heterocycles. The van der Waals surface area contributed by atoms with Crippen molar-refractivity contribution >= 4 is 5.97 Å². The second-order valence-electron chi connectivity index (χ2n) is 5.51. The Hall–Kier alpha value is -1.43. The third kappa shape index (κ3) is 3.17. The van der Waals surface area contributed by atoms with Crippen LogP contribution < -0.4 is 0 Å². The van der Waals surface area contributed by atoms with Gasteiger partial charge in [0.1, 0.15) is 0 Å². The summed E-state index contributed by atoms with van der Waals surface area (Å²) in [7, 11) is 0. The number of aliphatic carboxylic acids is 1. The third-order valence-corrected chi connectivity index (χ3v) is 4.30. The van der Waals surface area contributed by atoms with E-state index in [1.807, 2.05) is 13.8 Å². The Bertz CT molecular complexity index is 448. The van der Waals surface area contributed by atoms with Crippen LogP contribution in [0, 0.1) is 11.3 Å². The maximum atomic E-state index is 11.5. The first-order chi connectivity index (χ1) is 9.59. The van der Waals surface area contributed by atoms with Crippen molar-refractivity contribution in [2.45, 2.75) is 46.0 Å². The van der Waals surface area contributed by atoms with Crippen molar-refractivity contribution in [1.29, 1.82) is 0 Å². The molecule has 0 saturated carbocycles.